The Balaban J connectivity index is 3.65. The second-order valence-corrected chi connectivity index (χ2v) is 3.80. The summed E-state index contributed by atoms with van der Waals surface area (Å²) in [7, 11) is 1.77. The van der Waals surface area contributed by atoms with Gasteiger partial charge in [0.05, 0.1) is 6.10 Å². The second-order valence-electron chi connectivity index (χ2n) is 3.80. The summed E-state index contributed by atoms with van der Waals surface area (Å²) in [5.74, 6) is 0. The first-order valence-electron chi connectivity index (χ1n) is 5.61. The lowest BCUT2D eigenvalue weighted by atomic mass is 10.1. The lowest BCUT2D eigenvalue weighted by molar-refractivity contribution is 0.106. The number of ether oxygens (including phenoxy) is 1. The van der Waals surface area contributed by atoms with Crippen LogP contribution in [0.2, 0.25) is 0 Å². The van der Waals surface area contributed by atoms with Crippen LogP contribution in [0, 0.1) is 0 Å². The summed E-state index contributed by atoms with van der Waals surface area (Å²) in [5, 5.41) is 3.52. The van der Waals surface area contributed by atoms with E-state index in [9.17, 15) is 0 Å². The third kappa shape index (κ3) is 7.10. The molecule has 0 spiro atoms. The summed E-state index contributed by atoms with van der Waals surface area (Å²) in [6.45, 7) is 9.19. The lowest BCUT2D eigenvalue weighted by Gasteiger charge is -2.18. The molecular formula is C12H25NO. The molecule has 0 aromatic rings. The minimum atomic E-state index is 0.366. The molecule has 0 aliphatic rings. The van der Waals surface area contributed by atoms with Crippen LogP contribution < -0.4 is 5.32 Å². The molecule has 0 rings (SSSR count). The fraction of sp³-hybridized carbons (Fsp3) is 0.833. The quantitative estimate of drug-likeness (QED) is 0.577. The molecule has 0 aromatic heterocycles. The molecular weight excluding hydrogens is 174 g/mol. The maximum atomic E-state index is 5.23. The van der Waals surface area contributed by atoms with Crippen molar-refractivity contribution < 1.29 is 4.74 Å². The van der Waals surface area contributed by atoms with Crippen LogP contribution in [0.15, 0.2) is 12.7 Å². The van der Waals surface area contributed by atoms with Crippen molar-refractivity contribution in [3.63, 3.8) is 0 Å². The van der Waals surface area contributed by atoms with Crippen molar-refractivity contribution in [2.45, 2.75) is 51.7 Å². The molecule has 0 aromatic carbocycles. The predicted octanol–water partition coefficient (Wildman–Crippen LogP) is 2.75. The lowest BCUT2D eigenvalue weighted by Crippen LogP contribution is -2.30. The summed E-state index contributed by atoms with van der Waals surface area (Å²) in [5.41, 5.74) is 0. The summed E-state index contributed by atoms with van der Waals surface area (Å²) < 4.78 is 5.23. The third-order valence-electron chi connectivity index (χ3n) is 2.46. The number of methoxy groups -OCH3 is 1. The van der Waals surface area contributed by atoms with E-state index < -0.39 is 0 Å². The SMILES string of the molecule is C=CCC(CCC(C)OC)NCCC. The van der Waals surface area contributed by atoms with Crippen molar-refractivity contribution in [3.05, 3.63) is 12.7 Å². The van der Waals surface area contributed by atoms with Gasteiger partial charge >= 0.3 is 0 Å². The first-order chi connectivity index (χ1) is 6.74. The Morgan fingerprint density at radius 3 is 2.64 bits per heavy atom. The average Bonchev–Trinajstić information content (AvgIpc) is 2.21. The van der Waals surface area contributed by atoms with Crippen LogP contribution in [0.5, 0.6) is 0 Å². The molecule has 14 heavy (non-hydrogen) atoms. The molecule has 2 heteroatoms. The van der Waals surface area contributed by atoms with Gasteiger partial charge in [0.2, 0.25) is 0 Å². The molecule has 0 aliphatic carbocycles. The standard InChI is InChI=1S/C12H25NO/c1-5-7-12(13-10-6-2)9-8-11(3)14-4/h5,11-13H,1,6-10H2,2-4H3. The van der Waals surface area contributed by atoms with Crippen LogP contribution in [0.4, 0.5) is 0 Å². The number of hydrogen-bond donors (Lipinski definition) is 1. The van der Waals surface area contributed by atoms with Gasteiger partial charge in [-0.1, -0.05) is 13.0 Å². The topological polar surface area (TPSA) is 21.3 Å². The van der Waals surface area contributed by atoms with E-state index >= 15 is 0 Å². The van der Waals surface area contributed by atoms with Crippen molar-refractivity contribution in [2.24, 2.45) is 0 Å². The van der Waals surface area contributed by atoms with E-state index in [0.717, 1.165) is 19.4 Å². The van der Waals surface area contributed by atoms with Crippen LogP contribution in [0.25, 0.3) is 0 Å². The Labute approximate surface area is 88.7 Å². The molecule has 0 radical (unpaired) electrons. The third-order valence-corrected chi connectivity index (χ3v) is 2.46. The van der Waals surface area contributed by atoms with Crippen molar-refractivity contribution in [1.29, 1.82) is 0 Å². The largest absolute Gasteiger partial charge is 0.382 e. The van der Waals surface area contributed by atoms with Crippen LogP contribution in [0.3, 0.4) is 0 Å². The van der Waals surface area contributed by atoms with Crippen LogP contribution >= 0.6 is 0 Å². The summed E-state index contributed by atoms with van der Waals surface area (Å²) in [4.78, 5) is 0. The van der Waals surface area contributed by atoms with Crippen molar-refractivity contribution >= 4 is 0 Å². The van der Waals surface area contributed by atoms with Crippen molar-refractivity contribution in [3.8, 4) is 0 Å². The maximum Gasteiger partial charge on any atom is 0.0543 e. The van der Waals surface area contributed by atoms with E-state index in [0.29, 0.717) is 12.1 Å². The van der Waals surface area contributed by atoms with E-state index in [1.807, 2.05) is 6.08 Å². The smallest absolute Gasteiger partial charge is 0.0543 e. The van der Waals surface area contributed by atoms with Gasteiger partial charge in [-0.2, -0.15) is 0 Å². The molecule has 2 unspecified atom stereocenters. The zero-order valence-corrected chi connectivity index (χ0v) is 9.88. The van der Waals surface area contributed by atoms with E-state index in [-0.39, 0.29) is 0 Å². The molecule has 0 amide bonds. The fourth-order valence-electron chi connectivity index (χ4n) is 1.41. The summed E-state index contributed by atoms with van der Waals surface area (Å²) >= 11 is 0. The second kappa shape index (κ2) is 9.22. The van der Waals surface area contributed by atoms with Gasteiger partial charge in [-0.25, -0.2) is 0 Å². The van der Waals surface area contributed by atoms with Crippen LogP contribution in [-0.4, -0.2) is 25.8 Å². The molecule has 2 atom stereocenters. The summed E-state index contributed by atoms with van der Waals surface area (Å²) in [6, 6.07) is 0.574. The van der Waals surface area contributed by atoms with Gasteiger partial charge in [0, 0.05) is 13.2 Å². The Hall–Kier alpha value is -0.340. The first-order valence-corrected chi connectivity index (χ1v) is 5.61. The molecule has 0 saturated heterocycles. The van der Waals surface area contributed by atoms with E-state index in [1.165, 1.54) is 12.8 Å². The molecule has 0 heterocycles. The summed E-state index contributed by atoms with van der Waals surface area (Å²) in [6.07, 6.45) is 6.88. The molecule has 1 N–H and O–H groups in total. The Morgan fingerprint density at radius 1 is 1.43 bits per heavy atom. The normalized spacial score (nSPS) is 15.1. The van der Waals surface area contributed by atoms with Gasteiger partial charge in [-0.05, 0) is 39.2 Å². The molecule has 0 fully saturated rings. The van der Waals surface area contributed by atoms with E-state index in [1.54, 1.807) is 7.11 Å². The minimum Gasteiger partial charge on any atom is -0.382 e. The van der Waals surface area contributed by atoms with Crippen LogP contribution in [-0.2, 0) is 4.74 Å². The zero-order valence-electron chi connectivity index (χ0n) is 9.88. The number of rotatable bonds is 9. The van der Waals surface area contributed by atoms with Crippen LogP contribution in [0.1, 0.15) is 39.5 Å². The monoisotopic (exact) mass is 199 g/mol. The fourth-order valence-corrected chi connectivity index (χ4v) is 1.41. The van der Waals surface area contributed by atoms with Gasteiger partial charge in [-0.15, -0.1) is 6.58 Å². The number of nitrogens with one attached hydrogen (secondary N) is 1. The first kappa shape index (κ1) is 13.7. The van der Waals surface area contributed by atoms with E-state index in [4.69, 9.17) is 4.74 Å². The maximum absolute atomic E-state index is 5.23. The predicted molar refractivity (Wildman–Crippen MR) is 62.6 cm³/mol. The van der Waals surface area contributed by atoms with E-state index in [2.05, 4.69) is 25.7 Å². The minimum absolute atomic E-state index is 0.366. The Bertz CT molecular complexity index is 136. The van der Waals surface area contributed by atoms with Gasteiger partial charge in [-0.3, -0.25) is 0 Å². The highest BCUT2D eigenvalue weighted by Crippen LogP contribution is 2.07. The molecule has 2 nitrogen and oxygen atoms in total. The van der Waals surface area contributed by atoms with Gasteiger partial charge < -0.3 is 10.1 Å². The Kier molecular flexibility index (Phi) is 9.00. The highest BCUT2D eigenvalue weighted by Gasteiger charge is 2.07. The van der Waals surface area contributed by atoms with Gasteiger partial charge in [0.15, 0.2) is 0 Å². The van der Waals surface area contributed by atoms with Gasteiger partial charge in [0.1, 0.15) is 0 Å². The molecule has 84 valence electrons. The highest BCUT2D eigenvalue weighted by atomic mass is 16.5. The molecule has 0 bridgehead atoms. The average molecular weight is 199 g/mol. The molecule has 0 saturated carbocycles. The van der Waals surface area contributed by atoms with Crippen molar-refractivity contribution in [2.75, 3.05) is 13.7 Å². The molecule has 0 aliphatic heterocycles. The Morgan fingerprint density at radius 2 is 2.14 bits per heavy atom. The van der Waals surface area contributed by atoms with Gasteiger partial charge in [0.25, 0.3) is 0 Å². The zero-order chi connectivity index (χ0) is 10.8. The highest BCUT2D eigenvalue weighted by molar-refractivity contribution is 4.78. The number of hydrogen-bond acceptors (Lipinski definition) is 2. The van der Waals surface area contributed by atoms with Crippen molar-refractivity contribution in [1.82, 2.24) is 5.32 Å².